The Morgan fingerprint density at radius 2 is 2.54 bits per heavy atom. The lowest BCUT2D eigenvalue weighted by molar-refractivity contribution is 0.676. The van der Waals surface area contributed by atoms with E-state index in [1.54, 1.807) is 11.8 Å². The summed E-state index contributed by atoms with van der Waals surface area (Å²) in [6.07, 6.45) is 6.70. The molecule has 0 spiro atoms. The Morgan fingerprint density at radius 3 is 3.23 bits per heavy atom. The highest BCUT2D eigenvalue weighted by Crippen LogP contribution is 2.19. The molecule has 13 heavy (non-hydrogen) atoms. The molecule has 0 aliphatic heterocycles. The zero-order valence-corrected chi connectivity index (χ0v) is 8.66. The van der Waals surface area contributed by atoms with Gasteiger partial charge in [0.25, 0.3) is 0 Å². The van der Waals surface area contributed by atoms with Gasteiger partial charge in [-0.05, 0) is 19.1 Å². The quantitative estimate of drug-likeness (QED) is 0.752. The maximum absolute atomic E-state index is 4.29. The predicted octanol–water partition coefficient (Wildman–Crippen LogP) is 1.52. The van der Waals surface area contributed by atoms with Crippen molar-refractivity contribution in [3.05, 3.63) is 17.7 Å². The molecule has 0 atom stereocenters. The lowest BCUT2D eigenvalue weighted by atomic mass is 10.4. The van der Waals surface area contributed by atoms with Crippen molar-refractivity contribution in [2.45, 2.75) is 31.2 Å². The molecule has 3 nitrogen and oxygen atoms in total. The molecule has 0 amide bonds. The van der Waals surface area contributed by atoms with Crippen LogP contribution in [0.25, 0.3) is 0 Å². The van der Waals surface area contributed by atoms with Crippen LogP contribution >= 0.6 is 11.8 Å². The smallest absolute Gasteiger partial charge is 0.116 e. The largest absolute Gasteiger partial charge is 0.344 e. The van der Waals surface area contributed by atoms with Crippen molar-refractivity contribution < 1.29 is 0 Å². The van der Waals surface area contributed by atoms with Crippen molar-refractivity contribution >= 4 is 11.8 Å². The number of thioether (sulfide) groups is 1. The second-order valence-corrected chi connectivity index (χ2v) is 4.31. The molecule has 0 saturated heterocycles. The van der Waals surface area contributed by atoms with Gasteiger partial charge in [-0.3, -0.25) is 0 Å². The minimum Gasteiger partial charge on any atom is -0.344 e. The van der Waals surface area contributed by atoms with Crippen molar-refractivity contribution in [1.82, 2.24) is 15.3 Å². The molecule has 1 heterocycles. The van der Waals surface area contributed by atoms with Crippen LogP contribution < -0.4 is 5.32 Å². The van der Waals surface area contributed by atoms with Gasteiger partial charge in [0.1, 0.15) is 5.82 Å². The number of nitrogens with zero attached hydrogens (tertiary/aromatic N) is 1. The molecule has 0 unspecified atom stereocenters. The summed E-state index contributed by atoms with van der Waals surface area (Å²) in [5, 5.41) is 3.45. The summed E-state index contributed by atoms with van der Waals surface area (Å²) in [7, 11) is 0. The van der Waals surface area contributed by atoms with Crippen LogP contribution in [0.4, 0.5) is 0 Å². The molecule has 72 valence electrons. The Morgan fingerprint density at radius 1 is 1.69 bits per heavy atom. The standard InChI is InChI=1S/C9H15N3S/c1-13-6-9-11-5-8(12-9)4-10-7-2-3-7/h5,7,10H,2-4,6H2,1H3,(H,11,12). The molecule has 0 bridgehead atoms. The Kier molecular flexibility index (Phi) is 2.90. The summed E-state index contributed by atoms with van der Waals surface area (Å²) in [4.78, 5) is 7.59. The molecular weight excluding hydrogens is 182 g/mol. The van der Waals surface area contributed by atoms with E-state index in [0.29, 0.717) is 0 Å². The minimum atomic E-state index is 0.771. The molecule has 2 rings (SSSR count). The van der Waals surface area contributed by atoms with Gasteiger partial charge >= 0.3 is 0 Å². The van der Waals surface area contributed by atoms with E-state index in [4.69, 9.17) is 0 Å². The van der Waals surface area contributed by atoms with E-state index in [9.17, 15) is 0 Å². The van der Waals surface area contributed by atoms with Gasteiger partial charge in [-0.1, -0.05) is 0 Å². The lowest BCUT2D eigenvalue weighted by Crippen LogP contribution is -2.15. The average molecular weight is 197 g/mol. The number of rotatable bonds is 5. The van der Waals surface area contributed by atoms with Gasteiger partial charge in [0.2, 0.25) is 0 Å². The highest BCUT2D eigenvalue weighted by atomic mass is 32.2. The fourth-order valence-electron chi connectivity index (χ4n) is 1.25. The van der Waals surface area contributed by atoms with Crippen LogP contribution in [-0.4, -0.2) is 22.3 Å². The Hall–Kier alpha value is -0.480. The normalized spacial score (nSPS) is 16.4. The van der Waals surface area contributed by atoms with Crippen LogP contribution in [0.2, 0.25) is 0 Å². The fourth-order valence-corrected chi connectivity index (χ4v) is 1.67. The van der Waals surface area contributed by atoms with E-state index in [0.717, 1.165) is 24.2 Å². The van der Waals surface area contributed by atoms with Crippen LogP contribution in [-0.2, 0) is 12.3 Å². The Bertz CT molecular complexity index is 268. The van der Waals surface area contributed by atoms with Crippen LogP contribution in [0.5, 0.6) is 0 Å². The second kappa shape index (κ2) is 4.15. The van der Waals surface area contributed by atoms with E-state index in [1.807, 2.05) is 6.20 Å². The number of hydrogen-bond acceptors (Lipinski definition) is 3. The monoisotopic (exact) mass is 197 g/mol. The zero-order chi connectivity index (χ0) is 9.10. The molecule has 1 fully saturated rings. The van der Waals surface area contributed by atoms with Gasteiger partial charge in [0.15, 0.2) is 0 Å². The summed E-state index contributed by atoms with van der Waals surface area (Å²) >= 11 is 1.79. The third-order valence-electron chi connectivity index (χ3n) is 2.12. The van der Waals surface area contributed by atoms with Crippen molar-refractivity contribution in [1.29, 1.82) is 0 Å². The minimum absolute atomic E-state index is 0.771. The lowest BCUT2D eigenvalue weighted by Gasteiger charge is -1.98. The highest BCUT2D eigenvalue weighted by Gasteiger charge is 2.20. The van der Waals surface area contributed by atoms with Gasteiger partial charge in [0.05, 0.1) is 5.75 Å². The Labute approximate surface area is 82.7 Å². The van der Waals surface area contributed by atoms with Crippen LogP contribution in [0.15, 0.2) is 6.20 Å². The van der Waals surface area contributed by atoms with E-state index < -0.39 is 0 Å². The van der Waals surface area contributed by atoms with Crippen molar-refractivity contribution in [3.8, 4) is 0 Å². The van der Waals surface area contributed by atoms with Gasteiger partial charge in [-0.25, -0.2) is 4.98 Å². The number of hydrogen-bond donors (Lipinski definition) is 2. The zero-order valence-electron chi connectivity index (χ0n) is 7.84. The van der Waals surface area contributed by atoms with Crippen molar-refractivity contribution in [3.63, 3.8) is 0 Å². The fraction of sp³-hybridized carbons (Fsp3) is 0.667. The first-order chi connectivity index (χ1) is 6.38. The maximum atomic E-state index is 4.29. The molecule has 1 aliphatic rings. The number of aromatic amines is 1. The average Bonchev–Trinajstić information content (AvgIpc) is 2.85. The van der Waals surface area contributed by atoms with Crippen LogP contribution in [0.3, 0.4) is 0 Å². The summed E-state index contributed by atoms with van der Waals surface area (Å²) in [6, 6.07) is 0.771. The molecule has 1 aliphatic carbocycles. The van der Waals surface area contributed by atoms with Crippen molar-refractivity contribution in [2.75, 3.05) is 6.26 Å². The summed E-state index contributed by atoms with van der Waals surface area (Å²) in [6.45, 7) is 0.937. The number of imidazole rings is 1. The van der Waals surface area contributed by atoms with Gasteiger partial charge in [0, 0.05) is 24.5 Å². The molecular formula is C9H15N3S. The molecule has 1 saturated carbocycles. The number of H-pyrrole nitrogens is 1. The second-order valence-electron chi connectivity index (χ2n) is 3.44. The van der Waals surface area contributed by atoms with E-state index in [-0.39, 0.29) is 0 Å². The predicted molar refractivity (Wildman–Crippen MR) is 55.7 cm³/mol. The molecule has 1 aromatic heterocycles. The third kappa shape index (κ3) is 2.74. The number of nitrogens with one attached hydrogen (secondary N) is 2. The molecule has 0 aromatic carbocycles. The highest BCUT2D eigenvalue weighted by molar-refractivity contribution is 7.97. The molecule has 0 radical (unpaired) electrons. The Balaban J connectivity index is 1.81. The van der Waals surface area contributed by atoms with Gasteiger partial charge < -0.3 is 10.3 Å². The first-order valence-corrected chi connectivity index (χ1v) is 6.03. The summed E-state index contributed by atoms with van der Waals surface area (Å²) < 4.78 is 0. The van der Waals surface area contributed by atoms with E-state index >= 15 is 0 Å². The molecule has 4 heteroatoms. The first-order valence-electron chi connectivity index (χ1n) is 4.63. The van der Waals surface area contributed by atoms with Crippen molar-refractivity contribution in [2.24, 2.45) is 0 Å². The van der Waals surface area contributed by atoms with E-state index in [2.05, 4.69) is 21.5 Å². The maximum Gasteiger partial charge on any atom is 0.116 e. The van der Waals surface area contributed by atoms with E-state index in [1.165, 1.54) is 18.5 Å². The first kappa shape index (κ1) is 9.09. The van der Waals surface area contributed by atoms with Gasteiger partial charge in [-0.2, -0.15) is 11.8 Å². The van der Waals surface area contributed by atoms with Gasteiger partial charge in [-0.15, -0.1) is 0 Å². The molecule has 1 aromatic rings. The summed E-state index contributed by atoms with van der Waals surface area (Å²) in [5.74, 6) is 2.06. The number of aromatic nitrogens is 2. The van der Waals surface area contributed by atoms with Crippen LogP contribution in [0, 0.1) is 0 Å². The van der Waals surface area contributed by atoms with Crippen LogP contribution in [0.1, 0.15) is 24.4 Å². The topological polar surface area (TPSA) is 40.7 Å². The third-order valence-corrected chi connectivity index (χ3v) is 2.68. The molecule has 2 N–H and O–H groups in total. The SMILES string of the molecule is CSCc1ncc(CNC2CC2)[nH]1. The summed E-state index contributed by atoms with van der Waals surface area (Å²) in [5.41, 5.74) is 1.20.